The molecule has 0 spiro atoms. The highest BCUT2D eigenvalue weighted by atomic mass is 16.3. The molecule has 0 aliphatic heterocycles. The van der Waals surface area contributed by atoms with Crippen molar-refractivity contribution in [3.63, 3.8) is 0 Å². The van der Waals surface area contributed by atoms with Crippen LogP contribution in [-0.2, 0) is 6.42 Å². The fraction of sp³-hybridized carbons (Fsp3) is 0.500. The molecule has 1 N–H and O–H groups in total. The lowest BCUT2D eigenvalue weighted by Crippen LogP contribution is -2.19. The van der Waals surface area contributed by atoms with Gasteiger partial charge < -0.3 is 5.11 Å². The van der Waals surface area contributed by atoms with E-state index >= 15 is 0 Å². The number of aliphatic hydroxyl groups is 1. The summed E-state index contributed by atoms with van der Waals surface area (Å²) in [6.07, 6.45) is 6.82. The average molecular weight is 232 g/mol. The topological polar surface area (TPSA) is 20.2 Å². The first-order valence-electron chi connectivity index (χ1n) is 6.62. The van der Waals surface area contributed by atoms with E-state index in [0.717, 1.165) is 19.3 Å². The van der Waals surface area contributed by atoms with Crippen molar-refractivity contribution in [2.75, 3.05) is 0 Å². The molecule has 1 aromatic rings. The Bertz CT molecular complexity index is 305. The van der Waals surface area contributed by atoms with Gasteiger partial charge in [0.15, 0.2) is 0 Å². The fourth-order valence-electron chi connectivity index (χ4n) is 2.08. The van der Waals surface area contributed by atoms with Gasteiger partial charge in [-0.1, -0.05) is 56.2 Å². The van der Waals surface area contributed by atoms with E-state index in [0.29, 0.717) is 0 Å². The number of benzene rings is 1. The Kier molecular flexibility index (Phi) is 6.64. The molecular weight excluding hydrogens is 208 g/mol. The Labute approximate surface area is 105 Å². The van der Waals surface area contributed by atoms with Gasteiger partial charge in [0.1, 0.15) is 0 Å². The first-order valence-corrected chi connectivity index (χ1v) is 6.62. The lowest BCUT2D eigenvalue weighted by atomic mass is 9.92. The average Bonchev–Trinajstić information content (AvgIpc) is 2.38. The summed E-state index contributed by atoms with van der Waals surface area (Å²) in [5, 5.41) is 10.1. The molecule has 0 bridgehead atoms. The molecule has 2 atom stereocenters. The SMILES string of the molecule is C=C[C@@H](CCCC)[C@H](O)CCc1ccccc1. The van der Waals surface area contributed by atoms with E-state index in [4.69, 9.17) is 0 Å². The zero-order valence-electron chi connectivity index (χ0n) is 10.8. The van der Waals surface area contributed by atoms with Gasteiger partial charge in [0.2, 0.25) is 0 Å². The summed E-state index contributed by atoms with van der Waals surface area (Å²) in [5.74, 6) is 0.249. The van der Waals surface area contributed by atoms with Crippen molar-refractivity contribution < 1.29 is 5.11 Å². The van der Waals surface area contributed by atoms with Crippen LogP contribution in [0.3, 0.4) is 0 Å². The van der Waals surface area contributed by atoms with Gasteiger partial charge in [-0.3, -0.25) is 0 Å². The third-order valence-electron chi connectivity index (χ3n) is 3.26. The summed E-state index contributed by atoms with van der Waals surface area (Å²) in [5.41, 5.74) is 1.30. The minimum Gasteiger partial charge on any atom is -0.393 e. The molecule has 1 nitrogen and oxygen atoms in total. The smallest absolute Gasteiger partial charge is 0.0605 e. The zero-order valence-corrected chi connectivity index (χ0v) is 10.8. The molecule has 0 fully saturated rings. The predicted molar refractivity (Wildman–Crippen MR) is 74.0 cm³/mol. The summed E-state index contributed by atoms with van der Waals surface area (Å²) in [6.45, 7) is 6.01. The Morgan fingerprint density at radius 3 is 2.53 bits per heavy atom. The largest absolute Gasteiger partial charge is 0.393 e. The molecule has 0 unspecified atom stereocenters. The second-order valence-electron chi connectivity index (χ2n) is 4.63. The lowest BCUT2D eigenvalue weighted by molar-refractivity contribution is 0.115. The molecule has 0 aromatic heterocycles. The number of aryl methyl sites for hydroxylation is 1. The van der Waals surface area contributed by atoms with Crippen LogP contribution in [0.25, 0.3) is 0 Å². The van der Waals surface area contributed by atoms with Crippen molar-refractivity contribution >= 4 is 0 Å². The van der Waals surface area contributed by atoms with E-state index in [9.17, 15) is 5.11 Å². The molecule has 0 saturated carbocycles. The monoisotopic (exact) mass is 232 g/mol. The Hall–Kier alpha value is -1.08. The third kappa shape index (κ3) is 5.18. The lowest BCUT2D eigenvalue weighted by Gasteiger charge is -2.19. The van der Waals surface area contributed by atoms with Gasteiger partial charge in [0, 0.05) is 5.92 Å². The van der Waals surface area contributed by atoms with Crippen LogP contribution >= 0.6 is 0 Å². The minimum absolute atomic E-state index is 0.249. The second-order valence-corrected chi connectivity index (χ2v) is 4.63. The summed E-state index contributed by atoms with van der Waals surface area (Å²) >= 11 is 0. The highest BCUT2D eigenvalue weighted by Crippen LogP contribution is 2.18. The fourth-order valence-corrected chi connectivity index (χ4v) is 2.08. The Balaban J connectivity index is 2.36. The number of hydrogen-bond acceptors (Lipinski definition) is 1. The minimum atomic E-state index is -0.251. The molecule has 94 valence electrons. The number of rotatable bonds is 8. The van der Waals surface area contributed by atoms with Crippen molar-refractivity contribution in [2.45, 2.75) is 45.1 Å². The standard InChI is InChI=1S/C16H24O/c1-3-5-11-15(4-2)16(17)13-12-14-9-7-6-8-10-14/h4,6-10,15-17H,2-3,5,11-13H2,1H3/t15-,16+/m0/s1. The van der Waals surface area contributed by atoms with Gasteiger partial charge in [-0.25, -0.2) is 0 Å². The van der Waals surface area contributed by atoms with Crippen molar-refractivity contribution in [1.82, 2.24) is 0 Å². The second kappa shape index (κ2) is 8.08. The maximum Gasteiger partial charge on any atom is 0.0605 e. The summed E-state index contributed by atoms with van der Waals surface area (Å²) in [6, 6.07) is 10.3. The number of aliphatic hydroxyl groups excluding tert-OH is 1. The first-order chi connectivity index (χ1) is 8.27. The number of hydrogen-bond donors (Lipinski definition) is 1. The van der Waals surface area contributed by atoms with Crippen molar-refractivity contribution in [3.8, 4) is 0 Å². The molecule has 1 heteroatoms. The van der Waals surface area contributed by atoms with Gasteiger partial charge in [-0.2, -0.15) is 0 Å². The van der Waals surface area contributed by atoms with Crippen LogP contribution in [0.1, 0.15) is 38.2 Å². The molecule has 0 saturated heterocycles. The molecule has 0 amide bonds. The summed E-state index contributed by atoms with van der Waals surface area (Å²) < 4.78 is 0. The van der Waals surface area contributed by atoms with Gasteiger partial charge in [-0.15, -0.1) is 6.58 Å². The van der Waals surface area contributed by atoms with E-state index < -0.39 is 0 Å². The van der Waals surface area contributed by atoms with Crippen LogP contribution in [0.15, 0.2) is 43.0 Å². The van der Waals surface area contributed by atoms with Crippen molar-refractivity contribution in [1.29, 1.82) is 0 Å². The molecule has 0 radical (unpaired) electrons. The molecule has 0 aliphatic carbocycles. The zero-order chi connectivity index (χ0) is 12.5. The third-order valence-corrected chi connectivity index (χ3v) is 3.26. The summed E-state index contributed by atoms with van der Waals surface area (Å²) in [4.78, 5) is 0. The quantitative estimate of drug-likeness (QED) is 0.672. The van der Waals surface area contributed by atoms with E-state index in [1.807, 2.05) is 24.3 Å². The van der Waals surface area contributed by atoms with Crippen LogP contribution in [0, 0.1) is 5.92 Å². The van der Waals surface area contributed by atoms with E-state index in [1.54, 1.807) is 0 Å². The highest BCUT2D eigenvalue weighted by Gasteiger charge is 2.14. The highest BCUT2D eigenvalue weighted by molar-refractivity contribution is 5.14. The summed E-state index contributed by atoms with van der Waals surface area (Å²) in [7, 11) is 0. The van der Waals surface area contributed by atoms with Gasteiger partial charge in [-0.05, 0) is 24.8 Å². The van der Waals surface area contributed by atoms with Crippen LogP contribution in [0.2, 0.25) is 0 Å². The molecular formula is C16H24O. The Morgan fingerprint density at radius 2 is 1.94 bits per heavy atom. The van der Waals surface area contributed by atoms with Crippen LogP contribution in [-0.4, -0.2) is 11.2 Å². The maximum atomic E-state index is 10.1. The van der Waals surface area contributed by atoms with Crippen LogP contribution in [0.4, 0.5) is 0 Å². The van der Waals surface area contributed by atoms with Crippen LogP contribution < -0.4 is 0 Å². The van der Waals surface area contributed by atoms with E-state index in [2.05, 4.69) is 25.6 Å². The van der Waals surface area contributed by atoms with Crippen LogP contribution in [0.5, 0.6) is 0 Å². The first kappa shape index (κ1) is 14.0. The van der Waals surface area contributed by atoms with E-state index in [-0.39, 0.29) is 12.0 Å². The predicted octanol–water partition coefficient (Wildman–Crippen LogP) is 3.97. The normalized spacial score (nSPS) is 14.2. The maximum absolute atomic E-state index is 10.1. The molecule has 0 heterocycles. The van der Waals surface area contributed by atoms with Gasteiger partial charge in [0.25, 0.3) is 0 Å². The molecule has 1 rings (SSSR count). The van der Waals surface area contributed by atoms with Crippen molar-refractivity contribution in [2.24, 2.45) is 5.92 Å². The number of unbranched alkanes of at least 4 members (excludes halogenated alkanes) is 1. The van der Waals surface area contributed by atoms with Gasteiger partial charge in [0.05, 0.1) is 6.10 Å². The van der Waals surface area contributed by atoms with E-state index in [1.165, 1.54) is 18.4 Å². The molecule has 17 heavy (non-hydrogen) atoms. The Morgan fingerprint density at radius 1 is 1.24 bits per heavy atom. The molecule has 0 aliphatic rings. The van der Waals surface area contributed by atoms with Crippen molar-refractivity contribution in [3.05, 3.63) is 48.6 Å². The van der Waals surface area contributed by atoms with Gasteiger partial charge >= 0.3 is 0 Å². The molecule has 1 aromatic carbocycles.